The van der Waals surface area contributed by atoms with Crippen molar-refractivity contribution < 1.29 is 0 Å². The van der Waals surface area contributed by atoms with Gasteiger partial charge < -0.3 is 9.88 Å². The molecule has 0 amide bonds. The maximum atomic E-state index is 12.3. The first kappa shape index (κ1) is 13.5. The molecule has 1 aromatic rings. The van der Waals surface area contributed by atoms with Crippen LogP contribution in [0.3, 0.4) is 0 Å². The fraction of sp³-hybridized carbons (Fsp3) is 0.692. The lowest BCUT2D eigenvalue weighted by molar-refractivity contribution is 0.383. The molecule has 0 spiro atoms. The molecule has 1 aliphatic rings. The predicted molar refractivity (Wildman–Crippen MR) is 77.5 cm³/mol. The number of aromatic nitrogens is 2. The number of nitrogens with one attached hydrogen (secondary N) is 1. The Hall–Kier alpha value is -0.970. The topological polar surface area (TPSA) is 46.9 Å². The van der Waals surface area contributed by atoms with Crippen LogP contribution in [0.1, 0.15) is 33.6 Å². The molecule has 2 rings (SSSR count). The summed E-state index contributed by atoms with van der Waals surface area (Å²) >= 11 is 1.94. The summed E-state index contributed by atoms with van der Waals surface area (Å²) in [6.07, 6.45) is 5.79. The van der Waals surface area contributed by atoms with Crippen molar-refractivity contribution in [1.82, 2.24) is 9.55 Å². The van der Waals surface area contributed by atoms with Gasteiger partial charge in [0.15, 0.2) is 5.82 Å². The Labute approximate surface area is 112 Å². The van der Waals surface area contributed by atoms with Gasteiger partial charge in [0.25, 0.3) is 5.56 Å². The first-order chi connectivity index (χ1) is 8.48. The van der Waals surface area contributed by atoms with Gasteiger partial charge in [-0.15, -0.1) is 0 Å². The van der Waals surface area contributed by atoms with Crippen LogP contribution < -0.4 is 10.9 Å². The van der Waals surface area contributed by atoms with Gasteiger partial charge in [0.05, 0.1) is 0 Å². The third-order valence-corrected chi connectivity index (χ3v) is 4.28. The molecule has 0 bridgehead atoms. The molecule has 1 N–H and O–H groups in total. The van der Waals surface area contributed by atoms with Crippen LogP contribution in [0.15, 0.2) is 17.2 Å². The molecule has 0 radical (unpaired) electrons. The molecule has 5 heteroatoms. The van der Waals surface area contributed by atoms with Crippen molar-refractivity contribution in [1.29, 1.82) is 0 Å². The van der Waals surface area contributed by atoms with Crippen LogP contribution in [0.2, 0.25) is 0 Å². The zero-order valence-corrected chi connectivity index (χ0v) is 12.1. The van der Waals surface area contributed by atoms with Gasteiger partial charge in [0.1, 0.15) is 0 Å². The van der Waals surface area contributed by atoms with Crippen molar-refractivity contribution in [3.63, 3.8) is 0 Å². The number of thioether (sulfide) groups is 1. The normalized spacial score (nSPS) is 20.7. The summed E-state index contributed by atoms with van der Waals surface area (Å²) in [5, 5.41) is 3.30. The van der Waals surface area contributed by atoms with Crippen LogP contribution in [0.4, 0.5) is 5.82 Å². The number of hydrogen-bond acceptors (Lipinski definition) is 4. The van der Waals surface area contributed by atoms with Crippen molar-refractivity contribution in [3.8, 4) is 0 Å². The summed E-state index contributed by atoms with van der Waals surface area (Å²) < 4.78 is 1.73. The summed E-state index contributed by atoms with van der Waals surface area (Å²) in [5.74, 6) is 2.78. The predicted octanol–water partition coefficient (Wildman–Crippen LogP) is 2.31. The van der Waals surface area contributed by atoms with Crippen LogP contribution >= 0.6 is 11.8 Å². The SMILES string of the molecule is CC(C)(C)n1ccnc(NC2CCCSC2)c1=O. The van der Waals surface area contributed by atoms with E-state index in [2.05, 4.69) is 10.3 Å². The van der Waals surface area contributed by atoms with Crippen LogP contribution in [0, 0.1) is 0 Å². The van der Waals surface area contributed by atoms with Crippen molar-refractivity contribution in [2.45, 2.75) is 45.2 Å². The van der Waals surface area contributed by atoms with Gasteiger partial charge in [-0.2, -0.15) is 11.8 Å². The molecule has 0 aliphatic carbocycles. The standard InChI is InChI=1S/C13H21N3OS/c1-13(2,3)16-7-6-14-11(12(16)17)15-10-5-4-8-18-9-10/h6-7,10H,4-5,8-9H2,1-3H3,(H,14,15). The number of rotatable bonds is 2. The Bertz CT molecular complexity index is 458. The first-order valence-corrected chi connectivity index (χ1v) is 7.56. The lowest BCUT2D eigenvalue weighted by atomic mass is 10.1. The second-order valence-corrected chi connectivity index (χ2v) is 6.83. The molecule has 18 heavy (non-hydrogen) atoms. The molecule has 1 unspecified atom stereocenters. The second kappa shape index (κ2) is 5.34. The molecular formula is C13H21N3OS. The molecule has 1 saturated heterocycles. The monoisotopic (exact) mass is 267 g/mol. The van der Waals surface area contributed by atoms with Gasteiger partial charge in [0.2, 0.25) is 0 Å². The van der Waals surface area contributed by atoms with E-state index >= 15 is 0 Å². The lowest BCUT2D eigenvalue weighted by Crippen LogP contribution is -2.37. The highest BCUT2D eigenvalue weighted by Gasteiger charge is 2.19. The van der Waals surface area contributed by atoms with E-state index < -0.39 is 0 Å². The van der Waals surface area contributed by atoms with E-state index in [4.69, 9.17) is 0 Å². The van der Waals surface area contributed by atoms with Gasteiger partial charge in [-0.1, -0.05) is 0 Å². The van der Waals surface area contributed by atoms with Gasteiger partial charge in [0, 0.05) is 29.7 Å². The van der Waals surface area contributed by atoms with Gasteiger partial charge >= 0.3 is 0 Å². The van der Waals surface area contributed by atoms with Crippen LogP contribution in [0.25, 0.3) is 0 Å². The highest BCUT2D eigenvalue weighted by atomic mass is 32.2. The number of hydrogen-bond donors (Lipinski definition) is 1. The molecule has 0 aromatic carbocycles. The molecular weight excluding hydrogens is 246 g/mol. The molecule has 1 aliphatic heterocycles. The highest BCUT2D eigenvalue weighted by Crippen LogP contribution is 2.19. The molecule has 1 fully saturated rings. The van der Waals surface area contributed by atoms with E-state index in [1.807, 2.05) is 32.5 Å². The van der Waals surface area contributed by atoms with E-state index in [1.165, 1.54) is 12.2 Å². The largest absolute Gasteiger partial charge is 0.362 e. The summed E-state index contributed by atoms with van der Waals surface area (Å²) in [6.45, 7) is 6.07. The van der Waals surface area contributed by atoms with Crippen molar-refractivity contribution in [3.05, 3.63) is 22.7 Å². The van der Waals surface area contributed by atoms with E-state index in [1.54, 1.807) is 17.0 Å². The Morgan fingerprint density at radius 3 is 2.89 bits per heavy atom. The molecule has 1 aromatic heterocycles. The van der Waals surface area contributed by atoms with Crippen molar-refractivity contribution in [2.24, 2.45) is 0 Å². The summed E-state index contributed by atoms with van der Waals surface area (Å²) in [6, 6.07) is 0.375. The number of nitrogens with zero attached hydrogens (tertiary/aromatic N) is 2. The van der Waals surface area contributed by atoms with Crippen molar-refractivity contribution >= 4 is 17.6 Å². The van der Waals surface area contributed by atoms with Crippen LogP contribution in [-0.2, 0) is 5.54 Å². The molecule has 4 nitrogen and oxygen atoms in total. The second-order valence-electron chi connectivity index (χ2n) is 5.68. The fourth-order valence-electron chi connectivity index (χ4n) is 2.09. The van der Waals surface area contributed by atoms with E-state index in [0.29, 0.717) is 11.9 Å². The zero-order chi connectivity index (χ0) is 13.2. The minimum Gasteiger partial charge on any atom is -0.362 e. The molecule has 100 valence electrons. The fourth-order valence-corrected chi connectivity index (χ4v) is 3.16. The van der Waals surface area contributed by atoms with Crippen LogP contribution in [-0.4, -0.2) is 27.1 Å². The number of anilines is 1. The first-order valence-electron chi connectivity index (χ1n) is 6.41. The third-order valence-electron chi connectivity index (χ3n) is 3.06. The third kappa shape index (κ3) is 3.07. The maximum Gasteiger partial charge on any atom is 0.293 e. The molecule has 1 atom stereocenters. The molecule has 0 saturated carbocycles. The van der Waals surface area contributed by atoms with E-state index in [9.17, 15) is 4.79 Å². The van der Waals surface area contributed by atoms with Crippen molar-refractivity contribution in [2.75, 3.05) is 16.8 Å². The lowest BCUT2D eigenvalue weighted by Gasteiger charge is -2.25. The Balaban J connectivity index is 2.21. The van der Waals surface area contributed by atoms with Gasteiger partial charge in [-0.3, -0.25) is 4.79 Å². The minimum absolute atomic E-state index is 0.0272. The van der Waals surface area contributed by atoms with Gasteiger partial charge in [-0.05, 0) is 39.4 Å². The highest BCUT2D eigenvalue weighted by molar-refractivity contribution is 7.99. The summed E-state index contributed by atoms with van der Waals surface area (Å²) in [5.41, 5.74) is -0.238. The zero-order valence-electron chi connectivity index (χ0n) is 11.3. The minimum atomic E-state index is -0.211. The Morgan fingerprint density at radius 2 is 2.28 bits per heavy atom. The van der Waals surface area contributed by atoms with Crippen LogP contribution in [0.5, 0.6) is 0 Å². The Morgan fingerprint density at radius 1 is 1.50 bits per heavy atom. The summed E-state index contributed by atoms with van der Waals surface area (Å²) in [7, 11) is 0. The van der Waals surface area contributed by atoms with Gasteiger partial charge in [-0.25, -0.2) is 4.98 Å². The Kier molecular flexibility index (Phi) is 4.00. The quantitative estimate of drug-likeness (QED) is 0.893. The maximum absolute atomic E-state index is 12.3. The van der Waals surface area contributed by atoms with E-state index in [0.717, 1.165) is 12.2 Å². The molecule has 2 heterocycles. The smallest absolute Gasteiger partial charge is 0.293 e. The van der Waals surface area contributed by atoms with E-state index in [-0.39, 0.29) is 11.1 Å². The average Bonchev–Trinajstić information content (AvgIpc) is 2.32. The average molecular weight is 267 g/mol. The summed E-state index contributed by atoms with van der Waals surface area (Å²) in [4.78, 5) is 16.5.